The number of nitrogens with zero attached hydrogens (tertiary/aromatic N) is 1. The molecular formula is C14H16INO3. The third-order valence-corrected chi connectivity index (χ3v) is 4.69. The maximum atomic E-state index is 12.2. The van der Waals surface area contributed by atoms with Gasteiger partial charge in [-0.3, -0.25) is 9.59 Å². The SMILES string of the molecule is CC1(C(=O)O)CCN(C(=O)Cc2ccccc2I)C1. The van der Waals surface area contributed by atoms with E-state index >= 15 is 0 Å². The number of amides is 1. The normalized spacial score (nSPS) is 22.5. The lowest BCUT2D eigenvalue weighted by Gasteiger charge is -2.20. The first-order valence-electron chi connectivity index (χ1n) is 6.17. The second-order valence-corrected chi connectivity index (χ2v) is 6.36. The Balaban J connectivity index is 2.03. The number of benzene rings is 1. The topological polar surface area (TPSA) is 57.6 Å². The number of carbonyl (C=O) groups excluding carboxylic acids is 1. The van der Waals surface area contributed by atoms with Crippen LogP contribution >= 0.6 is 22.6 Å². The summed E-state index contributed by atoms with van der Waals surface area (Å²) in [5.41, 5.74) is 0.205. The third kappa shape index (κ3) is 3.08. The summed E-state index contributed by atoms with van der Waals surface area (Å²) in [4.78, 5) is 25.0. The summed E-state index contributed by atoms with van der Waals surface area (Å²) in [6, 6.07) is 7.75. The lowest BCUT2D eigenvalue weighted by Crippen LogP contribution is -2.35. The Hall–Kier alpha value is -1.11. The zero-order valence-electron chi connectivity index (χ0n) is 10.7. The Bertz CT molecular complexity index is 517. The number of likely N-dealkylation sites (tertiary alicyclic amines) is 1. The van der Waals surface area contributed by atoms with Gasteiger partial charge in [0.05, 0.1) is 11.8 Å². The highest BCUT2D eigenvalue weighted by Gasteiger charge is 2.41. The first-order valence-corrected chi connectivity index (χ1v) is 7.25. The third-order valence-electron chi connectivity index (χ3n) is 3.64. The summed E-state index contributed by atoms with van der Waals surface area (Å²) < 4.78 is 1.06. The van der Waals surface area contributed by atoms with Crippen LogP contribution in [0.15, 0.2) is 24.3 Å². The molecule has 1 heterocycles. The van der Waals surface area contributed by atoms with Crippen molar-refractivity contribution in [2.24, 2.45) is 5.41 Å². The van der Waals surface area contributed by atoms with E-state index in [0.717, 1.165) is 9.13 Å². The van der Waals surface area contributed by atoms with Crippen LogP contribution in [-0.2, 0) is 16.0 Å². The molecule has 1 aliphatic heterocycles. The fourth-order valence-electron chi connectivity index (χ4n) is 2.27. The molecule has 1 aromatic carbocycles. The average Bonchev–Trinajstić information content (AvgIpc) is 2.76. The highest BCUT2D eigenvalue weighted by molar-refractivity contribution is 14.1. The second kappa shape index (κ2) is 5.48. The molecule has 1 N–H and O–H groups in total. The van der Waals surface area contributed by atoms with Crippen LogP contribution in [0.25, 0.3) is 0 Å². The molecule has 0 radical (unpaired) electrons. The van der Waals surface area contributed by atoms with Crippen LogP contribution < -0.4 is 0 Å². The number of carboxylic acid groups (broad SMARTS) is 1. The lowest BCUT2D eigenvalue weighted by molar-refractivity contribution is -0.147. The van der Waals surface area contributed by atoms with Crippen LogP contribution in [0, 0.1) is 8.99 Å². The number of aliphatic carboxylic acids is 1. The van der Waals surface area contributed by atoms with E-state index in [9.17, 15) is 9.59 Å². The lowest BCUT2D eigenvalue weighted by atomic mass is 9.90. The first-order chi connectivity index (χ1) is 8.92. The minimum Gasteiger partial charge on any atom is -0.481 e. The number of hydrogen-bond donors (Lipinski definition) is 1. The van der Waals surface area contributed by atoms with Gasteiger partial charge in [0.1, 0.15) is 0 Å². The van der Waals surface area contributed by atoms with Gasteiger partial charge in [0, 0.05) is 16.7 Å². The van der Waals surface area contributed by atoms with E-state index < -0.39 is 11.4 Å². The van der Waals surface area contributed by atoms with E-state index in [1.165, 1.54) is 0 Å². The van der Waals surface area contributed by atoms with E-state index in [2.05, 4.69) is 22.6 Å². The van der Waals surface area contributed by atoms with Gasteiger partial charge in [-0.05, 0) is 47.6 Å². The van der Waals surface area contributed by atoms with Crippen LogP contribution in [0.5, 0.6) is 0 Å². The maximum absolute atomic E-state index is 12.2. The molecule has 2 rings (SSSR count). The monoisotopic (exact) mass is 373 g/mol. The van der Waals surface area contributed by atoms with Crippen molar-refractivity contribution in [3.63, 3.8) is 0 Å². The van der Waals surface area contributed by atoms with Gasteiger partial charge in [0.2, 0.25) is 5.91 Å². The van der Waals surface area contributed by atoms with Crippen LogP contribution in [0.4, 0.5) is 0 Å². The molecule has 0 bridgehead atoms. The van der Waals surface area contributed by atoms with Gasteiger partial charge in [-0.1, -0.05) is 18.2 Å². The highest BCUT2D eigenvalue weighted by Crippen LogP contribution is 2.30. The Kier molecular flexibility index (Phi) is 4.13. The van der Waals surface area contributed by atoms with E-state index in [1.807, 2.05) is 24.3 Å². The smallest absolute Gasteiger partial charge is 0.311 e. The van der Waals surface area contributed by atoms with Crippen molar-refractivity contribution >= 4 is 34.5 Å². The van der Waals surface area contributed by atoms with Gasteiger partial charge < -0.3 is 10.0 Å². The summed E-state index contributed by atoms with van der Waals surface area (Å²) in [6.07, 6.45) is 0.870. The maximum Gasteiger partial charge on any atom is 0.311 e. The molecule has 0 spiro atoms. The van der Waals surface area contributed by atoms with E-state index in [4.69, 9.17) is 5.11 Å². The molecule has 0 saturated carbocycles. The van der Waals surface area contributed by atoms with Crippen molar-refractivity contribution in [3.05, 3.63) is 33.4 Å². The standard InChI is InChI=1S/C14H16INO3/c1-14(13(18)19)6-7-16(9-14)12(17)8-10-4-2-3-5-11(10)15/h2-5H,6-9H2,1H3,(H,18,19). The Morgan fingerprint density at radius 3 is 2.68 bits per heavy atom. The van der Waals surface area contributed by atoms with Crippen molar-refractivity contribution in [3.8, 4) is 0 Å². The van der Waals surface area contributed by atoms with Gasteiger partial charge >= 0.3 is 5.97 Å². The number of rotatable bonds is 3. The molecule has 1 aromatic rings. The Morgan fingerprint density at radius 1 is 1.42 bits per heavy atom. The number of hydrogen-bond acceptors (Lipinski definition) is 2. The Labute approximate surface area is 125 Å². The zero-order valence-corrected chi connectivity index (χ0v) is 12.9. The number of carbonyl (C=O) groups is 2. The molecule has 0 aromatic heterocycles. The number of carboxylic acids is 1. The average molecular weight is 373 g/mol. The Morgan fingerprint density at radius 2 is 2.11 bits per heavy atom. The fourth-order valence-corrected chi connectivity index (χ4v) is 2.84. The summed E-state index contributed by atoms with van der Waals surface area (Å²) in [5.74, 6) is -0.814. The molecule has 1 aliphatic rings. The van der Waals surface area contributed by atoms with Crippen molar-refractivity contribution in [2.45, 2.75) is 19.8 Å². The van der Waals surface area contributed by atoms with E-state index in [1.54, 1.807) is 11.8 Å². The fraction of sp³-hybridized carbons (Fsp3) is 0.429. The quantitative estimate of drug-likeness (QED) is 0.827. The highest BCUT2D eigenvalue weighted by atomic mass is 127. The van der Waals surface area contributed by atoms with Crippen molar-refractivity contribution in [1.29, 1.82) is 0 Å². The molecule has 19 heavy (non-hydrogen) atoms. The van der Waals surface area contributed by atoms with Gasteiger partial charge in [-0.15, -0.1) is 0 Å². The van der Waals surface area contributed by atoms with E-state index in [-0.39, 0.29) is 5.91 Å². The predicted octanol–water partition coefficient (Wildman–Crippen LogP) is 2.16. The van der Waals surface area contributed by atoms with Crippen LogP contribution in [-0.4, -0.2) is 35.0 Å². The molecule has 0 aliphatic carbocycles. The predicted molar refractivity (Wildman–Crippen MR) is 79.8 cm³/mol. The summed E-state index contributed by atoms with van der Waals surface area (Å²) >= 11 is 2.21. The summed E-state index contributed by atoms with van der Waals surface area (Å²) in [5, 5.41) is 9.17. The van der Waals surface area contributed by atoms with E-state index in [0.29, 0.717) is 25.9 Å². The molecule has 1 saturated heterocycles. The molecule has 1 fully saturated rings. The van der Waals surface area contributed by atoms with Crippen LogP contribution in [0.2, 0.25) is 0 Å². The van der Waals surface area contributed by atoms with Crippen molar-refractivity contribution in [2.75, 3.05) is 13.1 Å². The molecule has 1 atom stereocenters. The molecule has 102 valence electrons. The van der Waals surface area contributed by atoms with Crippen LogP contribution in [0.1, 0.15) is 18.9 Å². The van der Waals surface area contributed by atoms with Crippen molar-refractivity contribution < 1.29 is 14.7 Å². The molecule has 1 amide bonds. The van der Waals surface area contributed by atoms with Crippen molar-refractivity contribution in [1.82, 2.24) is 4.90 Å². The second-order valence-electron chi connectivity index (χ2n) is 5.20. The van der Waals surface area contributed by atoms with Gasteiger partial charge in [-0.2, -0.15) is 0 Å². The largest absolute Gasteiger partial charge is 0.481 e. The minimum atomic E-state index is -0.822. The van der Waals surface area contributed by atoms with Gasteiger partial charge in [0.25, 0.3) is 0 Å². The van der Waals surface area contributed by atoms with Crippen LogP contribution in [0.3, 0.4) is 0 Å². The number of halogens is 1. The molecular weight excluding hydrogens is 357 g/mol. The zero-order chi connectivity index (χ0) is 14.0. The molecule has 5 heteroatoms. The summed E-state index contributed by atoms with van der Waals surface area (Å²) in [6.45, 7) is 2.55. The van der Waals surface area contributed by atoms with Gasteiger partial charge in [-0.25, -0.2) is 0 Å². The first kappa shape index (κ1) is 14.3. The summed E-state index contributed by atoms with van der Waals surface area (Å²) in [7, 11) is 0. The van der Waals surface area contributed by atoms with Gasteiger partial charge in [0.15, 0.2) is 0 Å². The molecule has 4 nitrogen and oxygen atoms in total. The minimum absolute atomic E-state index is 0.00842. The molecule has 1 unspecified atom stereocenters.